The average Bonchev–Trinajstić information content (AvgIpc) is 3.60. The van der Waals surface area contributed by atoms with Gasteiger partial charge in [0.15, 0.2) is 0 Å². The quantitative estimate of drug-likeness (QED) is 0.166. The number of rotatable bonds is 6. The lowest BCUT2D eigenvalue weighted by Crippen LogP contribution is -2.18. The fraction of sp³-hybridized carbons (Fsp3) is 0.148. The first-order chi connectivity index (χ1) is 26.8. The van der Waals surface area contributed by atoms with Gasteiger partial charge >= 0.3 is 0 Å². The highest BCUT2D eigenvalue weighted by Gasteiger charge is 2.43. The lowest BCUT2D eigenvalue weighted by atomic mass is 9.77. The molecule has 7 aromatic rings. The SMILES string of the molecule is CC1(C)c2cc(N(c3ccc(C4=CCCC=C4)cc3)c3ccc(-c4ccccc4)cc3)ccc2-c2cc3c(cc21)-c1cccc(-c2ccccc2)c1C3(C)C. The molecule has 0 unspecified atom stereocenters. The van der Waals surface area contributed by atoms with Crippen LogP contribution >= 0.6 is 0 Å². The summed E-state index contributed by atoms with van der Waals surface area (Å²) in [5, 5.41) is 0. The second-order valence-electron chi connectivity index (χ2n) is 16.5. The molecule has 0 spiro atoms. The highest BCUT2D eigenvalue weighted by molar-refractivity contribution is 5.94. The van der Waals surface area contributed by atoms with Gasteiger partial charge in [0.05, 0.1) is 0 Å². The number of allylic oxidation sites excluding steroid dienone is 4. The number of hydrogen-bond donors (Lipinski definition) is 0. The van der Waals surface area contributed by atoms with Gasteiger partial charge in [-0.2, -0.15) is 0 Å². The molecule has 0 saturated heterocycles. The molecule has 0 fully saturated rings. The van der Waals surface area contributed by atoms with E-state index >= 15 is 0 Å². The zero-order chi connectivity index (χ0) is 37.3. The maximum Gasteiger partial charge on any atom is 0.0465 e. The Hall–Kier alpha value is -6.18. The predicted molar refractivity (Wildman–Crippen MR) is 233 cm³/mol. The van der Waals surface area contributed by atoms with Crippen molar-refractivity contribution >= 4 is 22.6 Å². The second kappa shape index (κ2) is 12.7. The molecule has 7 aromatic carbocycles. The zero-order valence-electron chi connectivity index (χ0n) is 32.1. The molecule has 10 rings (SSSR count). The zero-order valence-corrected chi connectivity index (χ0v) is 32.1. The van der Waals surface area contributed by atoms with Gasteiger partial charge in [0.1, 0.15) is 0 Å². The summed E-state index contributed by atoms with van der Waals surface area (Å²) in [5.41, 5.74) is 21.9. The number of benzene rings is 7. The lowest BCUT2D eigenvalue weighted by Gasteiger charge is -2.28. The van der Waals surface area contributed by atoms with Gasteiger partial charge in [-0.25, -0.2) is 0 Å². The molecule has 0 radical (unpaired) electrons. The predicted octanol–water partition coefficient (Wildman–Crippen LogP) is 14.8. The normalized spacial score (nSPS) is 15.5. The van der Waals surface area contributed by atoms with Gasteiger partial charge in [-0.05, 0) is 139 Å². The number of anilines is 3. The van der Waals surface area contributed by atoms with Crippen molar-refractivity contribution in [1.29, 1.82) is 0 Å². The van der Waals surface area contributed by atoms with Gasteiger partial charge in [0, 0.05) is 27.9 Å². The van der Waals surface area contributed by atoms with E-state index < -0.39 is 0 Å². The monoisotopic (exact) mass is 707 g/mol. The molecular weight excluding hydrogens is 663 g/mol. The largest absolute Gasteiger partial charge is 0.310 e. The molecule has 55 heavy (non-hydrogen) atoms. The average molecular weight is 708 g/mol. The van der Waals surface area contributed by atoms with Gasteiger partial charge in [-0.15, -0.1) is 0 Å². The minimum atomic E-state index is -0.174. The Labute approximate surface area is 326 Å². The van der Waals surface area contributed by atoms with Crippen molar-refractivity contribution < 1.29 is 0 Å². The summed E-state index contributed by atoms with van der Waals surface area (Å²) in [4.78, 5) is 2.42. The highest BCUT2D eigenvalue weighted by atomic mass is 15.1. The molecule has 1 nitrogen and oxygen atoms in total. The molecule has 0 amide bonds. The molecule has 0 N–H and O–H groups in total. The summed E-state index contributed by atoms with van der Waals surface area (Å²) in [6.07, 6.45) is 9.12. The van der Waals surface area contributed by atoms with Crippen LogP contribution in [0.4, 0.5) is 17.1 Å². The molecule has 0 bridgehead atoms. The van der Waals surface area contributed by atoms with Gasteiger partial charge in [0.2, 0.25) is 0 Å². The van der Waals surface area contributed by atoms with E-state index in [0.29, 0.717) is 0 Å². The summed E-state index contributed by atoms with van der Waals surface area (Å²) in [7, 11) is 0. The standard InChI is InChI=1S/C54H45N/c1-53(2)49-33-43(55(41-27-23-38(24-28-41)36-15-8-5-9-16-36)42-29-25-39(26-30-42)37-17-10-6-11-18-37)31-32-45(49)47-34-51-48(35-50(47)53)46-22-14-21-44(52(46)54(51,3)4)40-19-12-7-13-20-40/h5,7-10,12-35H,6,11H2,1-4H3. The van der Waals surface area contributed by atoms with Gasteiger partial charge in [0.25, 0.3) is 0 Å². The summed E-state index contributed by atoms with van der Waals surface area (Å²) in [6, 6.07) is 58.8. The Kier molecular flexibility index (Phi) is 7.72. The van der Waals surface area contributed by atoms with E-state index in [1.54, 1.807) is 0 Å². The van der Waals surface area contributed by atoms with Crippen LogP contribution in [-0.2, 0) is 10.8 Å². The van der Waals surface area contributed by atoms with Gasteiger partial charge < -0.3 is 4.90 Å². The van der Waals surface area contributed by atoms with E-state index in [0.717, 1.165) is 24.2 Å². The summed E-state index contributed by atoms with van der Waals surface area (Å²) in [6.45, 7) is 9.64. The van der Waals surface area contributed by atoms with Crippen molar-refractivity contribution in [1.82, 2.24) is 0 Å². The molecule has 1 heteroatoms. The first-order valence-corrected chi connectivity index (χ1v) is 19.7. The van der Waals surface area contributed by atoms with Crippen molar-refractivity contribution in [3.63, 3.8) is 0 Å². The molecule has 0 heterocycles. The summed E-state index contributed by atoms with van der Waals surface area (Å²) >= 11 is 0. The second-order valence-corrected chi connectivity index (χ2v) is 16.5. The van der Waals surface area contributed by atoms with E-state index in [1.165, 1.54) is 83.6 Å². The van der Waals surface area contributed by atoms with Crippen LogP contribution in [0.2, 0.25) is 0 Å². The van der Waals surface area contributed by atoms with Crippen molar-refractivity contribution in [2.75, 3.05) is 4.90 Å². The summed E-state index contributed by atoms with van der Waals surface area (Å²) in [5.74, 6) is 0. The fourth-order valence-corrected chi connectivity index (χ4v) is 9.60. The van der Waals surface area contributed by atoms with Crippen LogP contribution in [0.3, 0.4) is 0 Å². The Morgan fingerprint density at radius 2 is 0.945 bits per heavy atom. The smallest absolute Gasteiger partial charge is 0.0465 e. The Morgan fingerprint density at radius 1 is 0.400 bits per heavy atom. The van der Waals surface area contributed by atoms with Crippen molar-refractivity contribution in [2.45, 2.75) is 51.4 Å². The molecule has 0 atom stereocenters. The molecule has 266 valence electrons. The van der Waals surface area contributed by atoms with Crippen LogP contribution in [0.25, 0.3) is 50.1 Å². The van der Waals surface area contributed by atoms with Crippen LogP contribution in [0.15, 0.2) is 176 Å². The molecule has 3 aliphatic rings. The third kappa shape index (κ3) is 5.36. The van der Waals surface area contributed by atoms with Crippen LogP contribution in [0, 0.1) is 0 Å². The maximum absolute atomic E-state index is 2.53. The van der Waals surface area contributed by atoms with Crippen molar-refractivity contribution in [3.8, 4) is 44.5 Å². The molecule has 3 aliphatic carbocycles. The first-order valence-electron chi connectivity index (χ1n) is 19.7. The van der Waals surface area contributed by atoms with Gasteiger partial charge in [-0.3, -0.25) is 0 Å². The van der Waals surface area contributed by atoms with Crippen LogP contribution in [0.5, 0.6) is 0 Å². The number of hydrogen-bond acceptors (Lipinski definition) is 1. The maximum atomic E-state index is 2.53. The first kappa shape index (κ1) is 33.4. The lowest BCUT2D eigenvalue weighted by molar-refractivity contribution is 0.653. The van der Waals surface area contributed by atoms with Crippen LogP contribution in [0.1, 0.15) is 68.4 Å². The highest BCUT2D eigenvalue weighted by Crippen LogP contribution is 2.58. The topological polar surface area (TPSA) is 3.24 Å². The minimum Gasteiger partial charge on any atom is -0.310 e. The minimum absolute atomic E-state index is 0.128. The van der Waals surface area contributed by atoms with E-state index in [9.17, 15) is 0 Å². The molecule has 0 aromatic heterocycles. The Bertz CT molecular complexity index is 2650. The Morgan fingerprint density at radius 3 is 1.60 bits per heavy atom. The third-order valence-corrected chi connectivity index (χ3v) is 12.5. The van der Waals surface area contributed by atoms with E-state index in [2.05, 4.69) is 209 Å². The molecular formula is C54H45N. The fourth-order valence-electron chi connectivity index (χ4n) is 9.60. The molecule has 0 saturated carbocycles. The van der Waals surface area contributed by atoms with Crippen LogP contribution in [-0.4, -0.2) is 0 Å². The third-order valence-electron chi connectivity index (χ3n) is 12.5. The van der Waals surface area contributed by atoms with E-state index in [1.807, 2.05) is 0 Å². The van der Waals surface area contributed by atoms with Crippen molar-refractivity contribution in [3.05, 3.63) is 204 Å². The van der Waals surface area contributed by atoms with Crippen molar-refractivity contribution in [2.24, 2.45) is 0 Å². The molecule has 0 aliphatic heterocycles. The Balaban J connectivity index is 1.08. The van der Waals surface area contributed by atoms with E-state index in [-0.39, 0.29) is 10.8 Å². The van der Waals surface area contributed by atoms with E-state index in [4.69, 9.17) is 0 Å². The van der Waals surface area contributed by atoms with Gasteiger partial charge in [-0.1, -0.05) is 155 Å². The number of fused-ring (bicyclic) bond motifs is 6. The number of nitrogens with zero attached hydrogens (tertiary/aromatic N) is 1. The van der Waals surface area contributed by atoms with Crippen LogP contribution < -0.4 is 4.90 Å². The summed E-state index contributed by atoms with van der Waals surface area (Å²) < 4.78 is 0.